The highest BCUT2D eigenvalue weighted by atomic mass is 16.5. The molecule has 0 bridgehead atoms. The number of benzene rings is 1. The molecule has 2 heterocycles. The second kappa shape index (κ2) is 7.38. The molecule has 0 saturated carbocycles. The molecular formula is C20H23N3O2. The second-order valence-electron chi connectivity index (χ2n) is 5.94. The van der Waals surface area contributed by atoms with Gasteiger partial charge in [0.1, 0.15) is 17.1 Å². The summed E-state index contributed by atoms with van der Waals surface area (Å²) < 4.78 is 7.59. The van der Waals surface area contributed by atoms with Gasteiger partial charge < -0.3 is 10.1 Å². The predicted octanol–water partition coefficient (Wildman–Crippen LogP) is 4.25. The molecule has 5 heteroatoms. The number of pyridine rings is 1. The fraction of sp³-hybridized carbons (Fsp3) is 0.300. The van der Waals surface area contributed by atoms with Gasteiger partial charge in [-0.2, -0.15) is 0 Å². The van der Waals surface area contributed by atoms with E-state index in [1.807, 2.05) is 60.8 Å². The first-order valence-corrected chi connectivity index (χ1v) is 8.65. The fourth-order valence-corrected chi connectivity index (χ4v) is 2.83. The van der Waals surface area contributed by atoms with Crippen LogP contribution in [-0.4, -0.2) is 21.9 Å². The molecule has 0 atom stereocenters. The van der Waals surface area contributed by atoms with Gasteiger partial charge in [0.2, 0.25) is 0 Å². The maximum atomic E-state index is 13.0. The Morgan fingerprint density at radius 1 is 1.20 bits per heavy atom. The maximum Gasteiger partial charge on any atom is 0.274 e. The van der Waals surface area contributed by atoms with Crippen molar-refractivity contribution >= 4 is 17.2 Å². The molecule has 0 fully saturated rings. The number of nitrogens with one attached hydrogen (secondary N) is 1. The van der Waals surface area contributed by atoms with Crippen molar-refractivity contribution in [3.63, 3.8) is 0 Å². The summed E-state index contributed by atoms with van der Waals surface area (Å²) in [6, 6.07) is 11.4. The van der Waals surface area contributed by atoms with Gasteiger partial charge in [-0.15, -0.1) is 0 Å². The number of para-hydroxylation sites is 2. The number of ether oxygens (including phenoxy) is 1. The van der Waals surface area contributed by atoms with E-state index < -0.39 is 0 Å². The first kappa shape index (κ1) is 17.0. The minimum atomic E-state index is -0.178. The highest BCUT2D eigenvalue weighted by Crippen LogP contribution is 2.25. The summed E-state index contributed by atoms with van der Waals surface area (Å²) in [5, 5.41) is 2.98. The lowest BCUT2D eigenvalue weighted by atomic mass is 10.2. The summed E-state index contributed by atoms with van der Waals surface area (Å²) in [6.07, 6.45) is 3.48. The van der Waals surface area contributed by atoms with Crippen molar-refractivity contribution in [2.24, 2.45) is 0 Å². The molecular weight excluding hydrogens is 314 g/mol. The number of aryl methyl sites for hydroxylation is 2. The molecule has 25 heavy (non-hydrogen) atoms. The van der Waals surface area contributed by atoms with Crippen LogP contribution in [0.25, 0.3) is 5.65 Å². The zero-order valence-corrected chi connectivity index (χ0v) is 14.9. The zero-order valence-electron chi connectivity index (χ0n) is 14.9. The fourth-order valence-electron chi connectivity index (χ4n) is 2.83. The Morgan fingerprint density at radius 3 is 2.76 bits per heavy atom. The number of carbonyl (C=O) groups excluding carboxylic acids is 1. The molecule has 0 aliphatic carbocycles. The molecule has 1 aromatic carbocycles. The smallest absolute Gasteiger partial charge is 0.274 e. The average molecular weight is 337 g/mol. The number of aromatic nitrogens is 2. The van der Waals surface area contributed by atoms with Crippen LogP contribution in [0.1, 0.15) is 42.0 Å². The van der Waals surface area contributed by atoms with Crippen molar-refractivity contribution in [2.75, 3.05) is 11.9 Å². The van der Waals surface area contributed by atoms with E-state index in [2.05, 4.69) is 17.2 Å². The SMILES string of the molecule is CCCOc1ccccc1NC(=O)c1c(CC)nc2c(C)cccn12. The molecule has 130 valence electrons. The first-order valence-electron chi connectivity index (χ1n) is 8.65. The van der Waals surface area contributed by atoms with Crippen LogP contribution in [0, 0.1) is 6.92 Å². The summed E-state index contributed by atoms with van der Waals surface area (Å²) in [6.45, 7) is 6.67. The van der Waals surface area contributed by atoms with Crippen molar-refractivity contribution in [2.45, 2.75) is 33.6 Å². The predicted molar refractivity (Wildman–Crippen MR) is 99.5 cm³/mol. The van der Waals surface area contributed by atoms with E-state index >= 15 is 0 Å². The van der Waals surface area contributed by atoms with Crippen LogP contribution in [0.3, 0.4) is 0 Å². The van der Waals surface area contributed by atoms with Crippen LogP contribution < -0.4 is 10.1 Å². The lowest BCUT2D eigenvalue weighted by Gasteiger charge is -2.12. The summed E-state index contributed by atoms with van der Waals surface area (Å²) >= 11 is 0. The average Bonchev–Trinajstić information content (AvgIpc) is 3.01. The van der Waals surface area contributed by atoms with Gasteiger partial charge >= 0.3 is 0 Å². The van der Waals surface area contributed by atoms with E-state index in [0.717, 1.165) is 23.3 Å². The van der Waals surface area contributed by atoms with Crippen LogP contribution >= 0.6 is 0 Å². The Balaban J connectivity index is 1.97. The van der Waals surface area contributed by atoms with E-state index in [0.29, 0.717) is 30.2 Å². The number of fused-ring (bicyclic) bond motifs is 1. The molecule has 0 radical (unpaired) electrons. The normalized spacial score (nSPS) is 10.8. The molecule has 5 nitrogen and oxygen atoms in total. The maximum absolute atomic E-state index is 13.0. The molecule has 0 aliphatic heterocycles. The van der Waals surface area contributed by atoms with Crippen molar-refractivity contribution in [3.8, 4) is 5.75 Å². The largest absolute Gasteiger partial charge is 0.491 e. The molecule has 1 N–H and O–H groups in total. The van der Waals surface area contributed by atoms with Gasteiger partial charge in [-0.25, -0.2) is 4.98 Å². The quantitative estimate of drug-likeness (QED) is 0.732. The van der Waals surface area contributed by atoms with Crippen LogP contribution in [0.15, 0.2) is 42.6 Å². The van der Waals surface area contributed by atoms with Crippen molar-refractivity contribution < 1.29 is 9.53 Å². The number of nitrogens with zero attached hydrogens (tertiary/aromatic N) is 2. The first-order chi connectivity index (χ1) is 12.2. The highest BCUT2D eigenvalue weighted by molar-refractivity contribution is 6.05. The Hall–Kier alpha value is -2.82. The number of hydrogen-bond donors (Lipinski definition) is 1. The van der Waals surface area contributed by atoms with Gasteiger partial charge in [-0.3, -0.25) is 9.20 Å². The van der Waals surface area contributed by atoms with Gasteiger partial charge in [0.25, 0.3) is 5.91 Å². The Bertz CT molecular complexity index is 899. The molecule has 0 spiro atoms. The summed E-state index contributed by atoms with van der Waals surface area (Å²) in [4.78, 5) is 17.6. The monoisotopic (exact) mass is 337 g/mol. The van der Waals surface area contributed by atoms with Gasteiger partial charge in [0, 0.05) is 6.20 Å². The van der Waals surface area contributed by atoms with Gasteiger partial charge in [-0.1, -0.05) is 32.0 Å². The minimum absolute atomic E-state index is 0.178. The van der Waals surface area contributed by atoms with Crippen molar-refractivity contribution in [1.82, 2.24) is 9.38 Å². The number of imidazole rings is 1. The van der Waals surface area contributed by atoms with E-state index in [4.69, 9.17) is 4.74 Å². The summed E-state index contributed by atoms with van der Waals surface area (Å²) in [5.41, 5.74) is 3.90. The number of anilines is 1. The van der Waals surface area contributed by atoms with Crippen LogP contribution in [0.5, 0.6) is 5.75 Å². The lowest BCUT2D eigenvalue weighted by molar-refractivity contribution is 0.102. The number of hydrogen-bond acceptors (Lipinski definition) is 3. The van der Waals surface area contributed by atoms with Gasteiger partial charge in [-0.05, 0) is 43.5 Å². The third-order valence-corrected chi connectivity index (χ3v) is 4.06. The molecule has 2 aromatic heterocycles. The van der Waals surface area contributed by atoms with E-state index in [9.17, 15) is 4.79 Å². The molecule has 3 aromatic rings. The van der Waals surface area contributed by atoms with E-state index in [1.165, 1.54) is 0 Å². The van der Waals surface area contributed by atoms with Crippen LogP contribution in [0.2, 0.25) is 0 Å². The van der Waals surface area contributed by atoms with Gasteiger partial charge in [0.05, 0.1) is 18.0 Å². The molecule has 1 amide bonds. The topological polar surface area (TPSA) is 55.6 Å². The third-order valence-electron chi connectivity index (χ3n) is 4.06. The molecule has 0 aliphatic rings. The zero-order chi connectivity index (χ0) is 17.8. The standard InChI is InChI=1S/C20H23N3O2/c1-4-13-25-17-11-7-6-10-16(17)22-20(24)18-15(5-2)21-19-14(3)9-8-12-23(18)19/h6-12H,4-5,13H2,1-3H3,(H,22,24). The lowest BCUT2D eigenvalue weighted by Crippen LogP contribution is -2.17. The third kappa shape index (κ3) is 3.36. The number of amides is 1. The minimum Gasteiger partial charge on any atom is -0.491 e. The second-order valence-corrected chi connectivity index (χ2v) is 5.94. The Labute approximate surface area is 147 Å². The highest BCUT2D eigenvalue weighted by Gasteiger charge is 2.20. The molecule has 3 rings (SSSR count). The van der Waals surface area contributed by atoms with Crippen LogP contribution in [0.4, 0.5) is 5.69 Å². The van der Waals surface area contributed by atoms with Crippen molar-refractivity contribution in [1.29, 1.82) is 0 Å². The number of rotatable bonds is 6. The Morgan fingerprint density at radius 2 is 2.00 bits per heavy atom. The summed E-state index contributed by atoms with van der Waals surface area (Å²) in [7, 11) is 0. The number of carbonyl (C=O) groups is 1. The summed E-state index contributed by atoms with van der Waals surface area (Å²) in [5.74, 6) is 0.503. The molecule has 0 unspecified atom stereocenters. The van der Waals surface area contributed by atoms with Gasteiger partial charge in [0.15, 0.2) is 0 Å². The Kier molecular flexibility index (Phi) is 5.03. The molecule has 0 saturated heterocycles. The van der Waals surface area contributed by atoms with Crippen LogP contribution in [-0.2, 0) is 6.42 Å². The van der Waals surface area contributed by atoms with E-state index in [-0.39, 0.29) is 5.91 Å². The van der Waals surface area contributed by atoms with E-state index in [1.54, 1.807) is 0 Å². The van der Waals surface area contributed by atoms with Crippen molar-refractivity contribution in [3.05, 3.63) is 59.5 Å².